The fraction of sp³-hybridized carbons (Fsp3) is 0.0455. The maximum absolute atomic E-state index is 2.35. The van der Waals surface area contributed by atoms with Crippen molar-refractivity contribution < 1.29 is 0 Å². The second kappa shape index (κ2) is 27.8. The molecule has 0 unspecified atom stereocenters. The number of benzene rings is 14. The first-order valence-electron chi connectivity index (χ1n) is 31.5. The second-order valence-corrected chi connectivity index (χ2v) is 23.3. The molecule has 0 aliphatic rings. The highest BCUT2D eigenvalue weighted by Crippen LogP contribution is 2.42. The zero-order chi connectivity index (χ0) is 62.6. The van der Waals surface area contributed by atoms with E-state index in [1.807, 2.05) is 0 Å². The minimum Gasteiger partial charge on any atom is -0.345 e. The summed E-state index contributed by atoms with van der Waals surface area (Å²) in [6, 6.07) is 130. The number of hydrogen-bond donors (Lipinski definition) is 0. The Morgan fingerprint density at radius 3 is 0.674 bits per heavy atom. The van der Waals surface area contributed by atoms with Crippen LogP contribution in [0.4, 0.5) is 56.9 Å². The summed E-state index contributed by atoms with van der Waals surface area (Å²) in [6.45, 7) is 4.25. The van der Waals surface area contributed by atoms with Gasteiger partial charge in [0.25, 0.3) is 0 Å². The zero-order valence-corrected chi connectivity index (χ0v) is 52.4. The molecule has 0 fully saturated rings. The molecule has 14 rings (SSSR count). The van der Waals surface area contributed by atoms with Gasteiger partial charge < -0.3 is 19.6 Å². The van der Waals surface area contributed by atoms with Crippen molar-refractivity contribution in [2.45, 2.75) is 13.8 Å². The van der Waals surface area contributed by atoms with E-state index in [2.05, 4.69) is 412 Å². The first-order chi connectivity index (χ1) is 45.2. The van der Waals surface area contributed by atoms with Crippen molar-refractivity contribution in [2.75, 3.05) is 33.7 Å². The number of anilines is 10. The minimum atomic E-state index is 1.11. The van der Waals surface area contributed by atoms with Gasteiger partial charge in [0, 0.05) is 71.0 Å². The van der Waals surface area contributed by atoms with Crippen molar-refractivity contribution in [3.8, 4) is 66.8 Å². The van der Waals surface area contributed by atoms with Crippen LogP contribution >= 0.6 is 0 Å². The first kappa shape index (κ1) is 59.3. The number of hydrogen-bond acceptors (Lipinski definition) is 4. The van der Waals surface area contributed by atoms with Gasteiger partial charge in [-0.15, -0.1) is 0 Å². The lowest BCUT2D eigenvalue weighted by molar-refractivity contribution is 1.20. The molecule has 0 atom stereocenters. The maximum atomic E-state index is 2.35. The third-order valence-corrected chi connectivity index (χ3v) is 17.1. The molecule has 444 valence electrons. The van der Waals surface area contributed by atoms with E-state index in [0.717, 1.165) is 45.5 Å². The molecule has 0 aromatic heterocycles. The second-order valence-electron chi connectivity index (χ2n) is 23.3. The SMILES string of the molecule is Cc1ccc(N(C)c2ccc(-c3ccc(N(c4cccc(-c5ccccc5)c4)c4cccc(-c5ccccc5)c4)cc3)cc2)cc1.Cc1cccc(N(C)c2ccc(-c3ccc(N(c4cccc(-c5ccccc5)c4)c4cccc(-c5ccccc5)c4)cc3)cc2)c1. The van der Waals surface area contributed by atoms with E-state index < -0.39 is 0 Å². The van der Waals surface area contributed by atoms with Crippen LogP contribution in [0.15, 0.2) is 364 Å². The minimum absolute atomic E-state index is 1.11. The highest BCUT2D eigenvalue weighted by atomic mass is 15.1. The van der Waals surface area contributed by atoms with Crippen LogP contribution in [-0.2, 0) is 0 Å². The molecule has 0 heterocycles. The van der Waals surface area contributed by atoms with Crippen molar-refractivity contribution in [3.63, 3.8) is 0 Å². The van der Waals surface area contributed by atoms with Crippen molar-refractivity contribution in [1.82, 2.24) is 0 Å². The molecule has 4 nitrogen and oxygen atoms in total. The summed E-state index contributed by atoms with van der Waals surface area (Å²) < 4.78 is 0. The van der Waals surface area contributed by atoms with Gasteiger partial charge in [-0.3, -0.25) is 0 Å². The summed E-state index contributed by atoms with van der Waals surface area (Å²) in [7, 11) is 4.23. The van der Waals surface area contributed by atoms with Gasteiger partial charge in [-0.2, -0.15) is 0 Å². The summed E-state index contributed by atoms with van der Waals surface area (Å²) in [4.78, 5) is 9.15. The van der Waals surface area contributed by atoms with Crippen molar-refractivity contribution in [1.29, 1.82) is 0 Å². The van der Waals surface area contributed by atoms with Crippen LogP contribution in [0.25, 0.3) is 66.8 Å². The quantitative estimate of drug-likeness (QED) is 0.0956. The molecule has 0 saturated carbocycles. The number of nitrogens with zero attached hydrogens (tertiary/aromatic N) is 4. The van der Waals surface area contributed by atoms with Crippen molar-refractivity contribution in [2.24, 2.45) is 0 Å². The highest BCUT2D eigenvalue weighted by Gasteiger charge is 2.18. The standard InChI is InChI=1S/2C44H36N2/c1-33-12-9-19-42(30-33)45(2)40-26-22-36(23-27-40)37-24-28-41(29-25-37)46(43-20-10-17-38(31-43)34-13-5-3-6-14-34)44-21-11-18-39(32-44)35-15-7-4-8-16-35;1-33-19-25-40(26-20-33)45(2)41-27-21-36(22-28-41)37-23-29-42(30-24-37)46(43-17-9-15-38(31-43)34-11-5-3-6-12-34)44-18-10-16-39(32-44)35-13-7-4-8-14-35/h2*3-32H,1-2H3. The zero-order valence-electron chi connectivity index (χ0n) is 52.4. The largest absolute Gasteiger partial charge is 0.345 e. The van der Waals surface area contributed by atoms with Gasteiger partial charge in [-0.05, 0) is 207 Å². The Morgan fingerprint density at radius 1 is 0.152 bits per heavy atom. The van der Waals surface area contributed by atoms with E-state index in [9.17, 15) is 0 Å². The molecule has 0 aliphatic carbocycles. The molecule has 0 amide bonds. The average Bonchev–Trinajstić information content (AvgIpc) is 1.91. The van der Waals surface area contributed by atoms with Gasteiger partial charge in [-0.25, -0.2) is 0 Å². The lowest BCUT2D eigenvalue weighted by atomic mass is 10.0. The van der Waals surface area contributed by atoms with E-state index in [4.69, 9.17) is 0 Å². The molecule has 0 radical (unpaired) electrons. The lowest BCUT2D eigenvalue weighted by Gasteiger charge is -2.27. The predicted octanol–water partition coefficient (Wildman–Crippen LogP) is 24.5. The van der Waals surface area contributed by atoms with Crippen LogP contribution in [0.1, 0.15) is 11.1 Å². The van der Waals surface area contributed by atoms with Gasteiger partial charge in [0.05, 0.1) is 0 Å². The lowest BCUT2D eigenvalue weighted by Crippen LogP contribution is -2.10. The van der Waals surface area contributed by atoms with E-state index in [1.54, 1.807) is 0 Å². The summed E-state index contributed by atoms with van der Waals surface area (Å²) in [6.07, 6.45) is 0. The van der Waals surface area contributed by atoms with E-state index >= 15 is 0 Å². The molecular formula is C88H72N4. The fourth-order valence-corrected chi connectivity index (χ4v) is 12.0. The monoisotopic (exact) mass is 1180 g/mol. The Labute approximate surface area is 543 Å². The van der Waals surface area contributed by atoms with Crippen LogP contribution in [0, 0.1) is 13.8 Å². The highest BCUT2D eigenvalue weighted by molar-refractivity contribution is 5.86. The van der Waals surface area contributed by atoms with Gasteiger partial charge in [0.2, 0.25) is 0 Å². The third-order valence-electron chi connectivity index (χ3n) is 17.1. The Kier molecular flexibility index (Phi) is 17.9. The van der Waals surface area contributed by atoms with Gasteiger partial charge in [-0.1, -0.05) is 248 Å². The molecule has 0 bridgehead atoms. The smallest absolute Gasteiger partial charge is 0.0467 e. The summed E-state index contributed by atoms with van der Waals surface area (Å²) in [5.41, 5.74) is 28.2. The van der Waals surface area contributed by atoms with Crippen molar-refractivity contribution >= 4 is 56.9 Å². The van der Waals surface area contributed by atoms with Crippen LogP contribution < -0.4 is 19.6 Å². The Bertz CT molecular complexity index is 4520. The molecule has 14 aromatic rings. The van der Waals surface area contributed by atoms with Gasteiger partial charge in [0.1, 0.15) is 0 Å². The summed E-state index contributed by atoms with van der Waals surface area (Å²) in [5, 5.41) is 0. The van der Waals surface area contributed by atoms with Crippen LogP contribution in [0.2, 0.25) is 0 Å². The summed E-state index contributed by atoms with van der Waals surface area (Å²) >= 11 is 0. The third kappa shape index (κ3) is 13.8. The predicted molar refractivity (Wildman–Crippen MR) is 393 cm³/mol. The molecule has 0 N–H and O–H groups in total. The summed E-state index contributed by atoms with van der Waals surface area (Å²) in [5.74, 6) is 0. The van der Waals surface area contributed by atoms with Gasteiger partial charge in [0.15, 0.2) is 0 Å². The molecule has 0 spiro atoms. The maximum Gasteiger partial charge on any atom is 0.0467 e. The fourth-order valence-electron chi connectivity index (χ4n) is 12.0. The topological polar surface area (TPSA) is 13.0 Å². The number of aryl methyl sites for hydroxylation is 2. The Hall–Kier alpha value is -11.7. The molecule has 92 heavy (non-hydrogen) atoms. The molecular weight excluding hydrogens is 1110 g/mol. The molecule has 4 heteroatoms. The van der Waals surface area contributed by atoms with Crippen molar-refractivity contribution in [3.05, 3.63) is 375 Å². The average molecular weight is 1190 g/mol. The van der Waals surface area contributed by atoms with Crippen LogP contribution in [-0.4, -0.2) is 14.1 Å². The normalized spacial score (nSPS) is 10.8. The van der Waals surface area contributed by atoms with E-state index in [1.165, 1.54) is 89.3 Å². The Balaban J connectivity index is 0.000000168. The molecule has 0 saturated heterocycles. The van der Waals surface area contributed by atoms with Gasteiger partial charge >= 0.3 is 0 Å². The van der Waals surface area contributed by atoms with E-state index in [0.29, 0.717) is 0 Å². The van der Waals surface area contributed by atoms with Crippen LogP contribution in [0.5, 0.6) is 0 Å². The molecule has 14 aromatic carbocycles. The Morgan fingerprint density at radius 2 is 0.380 bits per heavy atom. The van der Waals surface area contributed by atoms with Crippen LogP contribution in [0.3, 0.4) is 0 Å². The molecule has 0 aliphatic heterocycles. The van der Waals surface area contributed by atoms with E-state index in [-0.39, 0.29) is 0 Å². The number of rotatable bonds is 16. The first-order valence-corrected chi connectivity index (χ1v) is 31.5.